The zero-order chi connectivity index (χ0) is 20.5. The van der Waals surface area contributed by atoms with Crippen molar-refractivity contribution in [3.63, 3.8) is 0 Å². The van der Waals surface area contributed by atoms with Gasteiger partial charge in [0.1, 0.15) is 0 Å². The van der Waals surface area contributed by atoms with E-state index in [0.717, 1.165) is 5.56 Å². The molecule has 0 spiro atoms. The van der Waals surface area contributed by atoms with Gasteiger partial charge in [0.15, 0.2) is 0 Å². The highest BCUT2D eigenvalue weighted by molar-refractivity contribution is 6.36. The van der Waals surface area contributed by atoms with Crippen molar-refractivity contribution in [3.8, 4) is 11.3 Å². The van der Waals surface area contributed by atoms with Crippen molar-refractivity contribution in [1.29, 1.82) is 0 Å². The van der Waals surface area contributed by atoms with Gasteiger partial charge in [0.05, 0.1) is 10.7 Å². The Morgan fingerprint density at radius 1 is 1.14 bits per heavy atom. The lowest BCUT2D eigenvalue weighted by Crippen LogP contribution is -2.14. The summed E-state index contributed by atoms with van der Waals surface area (Å²) in [5.74, 6) is -0.179. The van der Waals surface area contributed by atoms with Gasteiger partial charge in [-0.05, 0) is 37.3 Å². The summed E-state index contributed by atoms with van der Waals surface area (Å²) in [4.78, 5) is 21.4. The number of hydrogen-bond acceptors (Lipinski definition) is 5. The number of amides is 1. The number of benzene rings is 2. The van der Waals surface area contributed by atoms with Gasteiger partial charge in [-0.15, -0.1) is 5.10 Å². The van der Waals surface area contributed by atoms with Gasteiger partial charge in [0.2, 0.25) is 5.82 Å². The van der Waals surface area contributed by atoms with Crippen LogP contribution in [0.3, 0.4) is 0 Å². The highest BCUT2D eigenvalue weighted by Gasteiger charge is 2.21. The van der Waals surface area contributed by atoms with Crippen LogP contribution in [0.4, 0.5) is 5.69 Å². The molecule has 29 heavy (non-hydrogen) atoms. The van der Waals surface area contributed by atoms with Crippen molar-refractivity contribution in [1.82, 2.24) is 19.6 Å². The number of carbonyl (C=O) groups excluding carboxylic acids is 1. The lowest BCUT2D eigenvalue weighted by atomic mass is 10.0. The van der Waals surface area contributed by atoms with Gasteiger partial charge >= 0.3 is 0 Å². The Balaban J connectivity index is 1.87. The number of nitrogens with one attached hydrogen (secondary N) is 1. The molecule has 9 heteroatoms. The van der Waals surface area contributed by atoms with Crippen molar-refractivity contribution >= 4 is 40.6 Å². The third-order valence-corrected chi connectivity index (χ3v) is 4.97. The Labute approximate surface area is 176 Å². The van der Waals surface area contributed by atoms with Crippen LogP contribution in [-0.2, 0) is 6.54 Å². The summed E-state index contributed by atoms with van der Waals surface area (Å²) in [5, 5.41) is 8.10. The molecule has 0 aliphatic rings. The number of carbonyl (C=O) groups is 1. The second-order valence-corrected chi connectivity index (χ2v) is 7.16. The number of aromatic nitrogens is 4. The average molecular weight is 427 g/mol. The Bertz CT molecular complexity index is 1220. The van der Waals surface area contributed by atoms with Crippen LogP contribution in [0.2, 0.25) is 10.0 Å². The van der Waals surface area contributed by atoms with E-state index in [1.807, 2.05) is 25.1 Å². The molecular weight excluding hydrogens is 411 g/mol. The molecule has 1 amide bonds. The van der Waals surface area contributed by atoms with Crippen molar-refractivity contribution in [2.45, 2.75) is 13.5 Å². The number of hydrogen-bond donors (Lipinski definition) is 2. The standard InChI is InChI=1S/C20H16Cl2N6O/c1-11-15(10-23)17(14-8-7-12(21)9-16(14)22)28-20(24-11)26-18(27-28)19(29)25-13-5-3-2-4-6-13/h2-9H,10,23H2,1H3,(H,25,29). The molecule has 0 fully saturated rings. The molecule has 4 rings (SSSR count). The highest BCUT2D eigenvalue weighted by atomic mass is 35.5. The molecule has 0 aliphatic heterocycles. The molecule has 0 saturated heterocycles. The second-order valence-electron chi connectivity index (χ2n) is 6.32. The van der Waals surface area contributed by atoms with E-state index < -0.39 is 5.91 Å². The van der Waals surface area contributed by atoms with E-state index in [1.165, 1.54) is 4.52 Å². The minimum absolute atomic E-state index is 0.0127. The average Bonchev–Trinajstić information content (AvgIpc) is 3.12. The number of fused-ring (bicyclic) bond motifs is 1. The van der Waals surface area contributed by atoms with Crippen molar-refractivity contribution in [2.24, 2.45) is 5.73 Å². The maximum Gasteiger partial charge on any atom is 0.295 e. The minimum atomic E-state index is -0.443. The van der Waals surface area contributed by atoms with Gasteiger partial charge in [-0.1, -0.05) is 41.4 Å². The molecule has 7 nitrogen and oxygen atoms in total. The molecule has 2 aromatic heterocycles. The number of nitrogens with zero attached hydrogens (tertiary/aromatic N) is 4. The monoisotopic (exact) mass is 426 g/mol. The van der Waals surface area contributed by atoms with Crippen LogP contribution < -0.4 is 11.1 Å². The van der Waals surface area contributed by atoms with E-state index in [4.69, 9.17) is 28.9 Å². The van der Waals surface area contributed by atoms with Crippen LogP contribution in [0.5, 0.6) is 0 Å². The molecule has 2 heterocycles. The van der Waals surface area contributed by atoms with E-state index in [1.54, 1.807) is 30.3 Å². The van der Waals surface area contributed by atoms with E-state index in [9.17, 15) is 4.79 Å². The predicted molar refractivity (Wildman–Crippen MR) is 113 cm³/mol. The summed E-state index contributed by atoms with van der Waals surface area (Å²) >= 11 is 12.5. The minimum Gasteiger partial charge on any atom is -0.326 e. The molecule has 0 aliphatic carbocycles. The first-order chi connectivity index (χ1) is 14.0. The van der Waals surface area contributed by atoms with E-state index in [2.05, 4.69) is 20.4 Å². The Morgan fingerprint density at radius 3 is 2.59 bits per heavy atom. The van der Waals surface area contributed by atoms with E-state index in [-0.39, 0.29) is 18.1 Å². The van der Waals surface area contributed by atoms with Crippen LogP contribution in [0.15, 0.2) is 48.5 Å². The fourth-order valence-corrected chi connectivity index (χ4v) is 3.55. The van der Waals surface area contributed by atoms with Gasteiger partial charge in [-0.2, -0.15) is 9.50 Å². The molecule has 0 saturated carbocycles. The zero-order valence-electron chi connectivity index (χ0n) is 15.4. The normalized spacial score (nSPS) is 11.0. The van der Waals surface area contributed by atoms with Gasteiger partial charge in [0.25, 0.3) is 11.7 Å². The summed E-state index contributed by atoms with van der Waals surface area (Å²) in [6.45, 7) is 2.04. The summed E-state index contributed by atoms with van der Waals surface area (Å²) in [6, 6.07) is 14.2. The van der Waals surface area contributed by atoms with Crippen LogP contribution in [0.25, 0.3) is 17.0 Å². The quantitative estimate of drug-likeness (QED) is 0.511. The first-order valence-electron chi connectivity index (χ1n) is 8.76. The van der Waals surface area contributed by atoms with Gasteiger partial charge in [-0.25, -0.2) is 4.98 Å². The Kier molecular flexibility index (Phi) is 5.19. The number of nitrogens with two attached hydrogens (primary N) is 1. The van der Waals surface area contributed by atoms with Crippen molar-refractivity contribution < 1.29 is 4.79 Å². The number of halogens is 2. The number of aryl methyl sites for hydroxylation is 1. The SMILES string of the molecule is Cc1nc2nc(C(=O)Nc3ccccc3)nn2c(-c2ccc(Cl)cc2Cl)c1CN. The Morgan fingerprint density at radius 2 is 1.90 bits per heavy atom. The van der Waals surface area contributed by atoms with Gasteiger partial charge in [0, 0.05) is 34.1 Å². The molecular formula is C20H16Cl2N6O. The number of para-hydroxylation sites is 1. The topological polar surface area (TPSA) is 98.2 Å². The van der Waals surface area contributed by atoms with Gasteiger partial charge in [-0.3, -0.25) is 4.79 Å². The molecule has 0 unspecified atom stereocenters. The number of anilines is 1. The van der Waals surface area contributed by atoms with Gasteiger partial charge < -0.3 is 11.1 Å². The largest absolute Gasteiger partial charge is 0.326 e. The third kappa shape index (κ3) is 3.67. The van der Waals surface area contributed by atoms with Crippen molar-refractivity contribution in [3.05, 3.63) is 75.7 Å². The molecule has 146 valence electrons. The summed E-state index contributed by atoms with van der Waals surface area (Å²) < 4.78 is 1.49. The molecule has 2 aromatic carbocycles. The fourth-order valence-electron chi connectivity index (χ4n) is 3.05. The summed E-state index contributed by atoms with van der Waals surface area (Å²) in [6.07, 6.45) is 0. The maximum absolute atomic E-state index is 12.6. The lowest BCUT2D eigenvalue weighted by molar-refractivity contribution is 0.101. The van der Waals surface area contributed by atoms with Crippen LogP contribution in [-0.4, -0.2) is 25.5 Å². The summed E-state index contributed by atoms with van der Waals surface area (Å²) in [7, 11) is 0. The Hall–Kier alpha value is -3.00. The number of rotatable bonds is 4. The fraction of sp³-hybridized carbons (Fsp3) is 0.100. The second kappa shape index (κ2) is 7.79. The van der Waals surface area contributed by atoms with Crippen LogP contribution >= 0.6 is 23.2 Å². The van der Waals surface area contributed by atoms with Crippen molar-refractivity contribution in [2.75, 3.05) is 5.32 Å². The molecule has 0 bridgehead atoms. The third-order valence-electron chi connectivity index (χ3n) is 4.42. The van der Waals surface area contributed by atoms with Crippen LogP contribution in [0, 0.1) is 6.92 Å². The first-order valence-corrected chi connectivity index (χ1v) is 9.51. The smallest absolute Gasteiger partial charge is 0.295 e. The molecule has 4 aromatic rings. The maximum atomic E-state index is 12.6. The molecule has 0 radical (unpaired) electrons. The molecule has 3 N–H and O–H groups in total. The molecule has 0 atom stereocenters. The zero-order valence-corrected chi connectivity index (χ0v) is 16.9. The van der Waals surface area contributed by atoms with Crippen LogP contribution in [0.1, 0.15) is 21.9 Å². The van der Waals surface area contributed by atoms with E-state index >= 15 is 0 Å². The lowest BCUT2D eigenvalue weighted by Gasteiger charge is -2.13. The first kappa shape index (κ1) is 19.3. The van der Waals surface area contributed by atoms with E-state index in [0.29, 0.717) is 32.7 Å². The predicted octanol–water partition coefficient (Wildman–Crippen LogP) is 4.12. The highest BCUT2D eigenvalue weighted by Crippen LogP contribution is 2.33. The summed E-state index contributed by atoms with van der Waals surface area (Å²) in [5.41, 5.74) is 9.36.